The first-order valence-electron chi connectivity index (χ1n) is 6.67. The summed E-state index contributed by atoms with van der Waals surface area (Å²) in [4.78, 5) is 22.1. The smallest absolute Gasteiger partial charge is 0.269 e. The first-order chi connectivity index (χ1) is 11.4. The summed E-state index contributed by atoms with van der Waals surface area (Å²) < 4.78 is 6.90. The number of hydrogen-bond acceptors (Lipinski definition) is 4. The molecule has 0 aliphatic rings. The van der Waals surface area contributed by atoms with Gasteiger partial charge in [0.1, 0.15) is 5.75 Å². The lowest BCUT2D eigenvalue weighted by atomic mass is 10.2. The van der Waals surface area contributed by atoms with E-state index in [1.54, 1.807) is 13.2 Å². The molecule has 2 aromatic rings. The van der Waals surface area contributed by atoms with Crippen LogP contribution in [0, 0.1) is 10.1 Å². The van der Waals surface area contributed by atoms with Crippen LogP contribution in [0.3, 0.4) is 0 Å². The summed E-state index contributed by atoms with van der Waals surface area (Å²) in [5.74, 6) is 0.250. The van der Waals surface area contributed by atoms with E-state index >= 15 is 0 Å². The van der Waals surface area contributed by atoms with E-state index in [2.05, 4.69) is 37.2 Å². The van der Waals surface area contributed by atoms with Crippen molar-refractivity contribution in [3.05, 3.63) is 67.1 Å². The van der Waals surface area contributed by atoms with Gasteiger partial charge in [0.05, 0.1) is 16.5 Å². The van der Waals surface area contributed by atoms with Crippen LogP contribution in [0.4, 0.5) is 11.4 Å². The third kappa shape index (κ3) is 4.65. The highest BCUT2D eigenvalue weighted by Crippen LogP contribution is 2.33. The molecule has 1 N–H and O–H groups in total. The summed E-state index contributed by atoms with van der Waals surface area (Å²) in [7, 11) is 1.54. The molecule has 0 aliphatic heterocycles. The molecule has 0 fully saturated rings. The number of hydrogen-bond donors (Lipinski definition) is 1. The average molecular weight is 456 g/mol. The van der Waals surface area contributed by atoms with Gasteiger partial charge in [-0.1, -0.05) is 15.9 Å². The molecule has 0 unspecified atom stereocenters. The zero-order chi connectivity index (χ0) is 17.7. The normalized spacial score (nSPS) is 10.6. The maximum absolute atomic E-state index is 12.0. The highest BCUT2D eigenvalue weighted by molar-refractivity contribution is 9.11. The molecule has 0 aromatic heterocycles. The van der Waals surface area contributed by atoms with Crippen molar-refractivity contribution in [2.24, 2.45) is 0 Å². The van der Waals surface area contributed by atoms with E-state index in [1.165, 1.54) is 30.3 Å². The Morgan fingerprint density at radius 2 is 1.92 bits per heavy atom. The molecule has 0 saturated heterocycles. The Morgan fingerprint density at radius 3 is 2.50 bits per heavy atom. The molecular weight excluding hydrogens is 444 g/mol. The molecule has 0 heterocycles. The number of amides is 1. The van der Waals surface area contributed by atoms with Crippen LogP contribution in [-0.2, 0) is 4.79 Å². The number of methoxy groups -OCH3 is 1. The minimum Gasteiger partial charge on any atom is -0.495 e. The highest BCUT2D eigenvalue weighted by Gasteiger charge is 2.08. The summed E-state index contributed by atoms with van der Waals surface area (Å²) in [6.45, 7) is 0. The molecule has 0 spiro atoms. The van der Waals surface area contributed by atoms with E-state index in [0.717, 1.165) is 14.5 Å². The Morgan fingerprint density at radius 1 is 1.25 bits per heavy atom. The molecule has 2 aromatic carbocycles. The molecule has 1 amide bonds. The molecule has 124 valence electrons. The molecule has 0 saturated carbocycles. The molecule has 8 heteroatoms. The van der Waals surface area contributed by atoms with E-state index in [-0.39, 0.29) is 11.6 Å². The first-order valence-corrected chi connectivity index (χ1v) is 8.26. The van der Waals surface area contributed by atoms with Gasteiger partial charge in [0.2, 0.25) is 5.91 Å². The number of non-ortho nitro benzene ring substituents is 1. The van der Waals surface area contributed by atoms with Gasteiger partial charge in [0.15, 0.2) is 0 Å². The second-order valence-electron chi connectivity index (χ2n) is 4.64. The Bertz CT molecular complexity index is 804. The molecule has 0 aliphatic carbocycles. The van der Waals surface area contributed by atoms with Gasteiger partial charge in [-0.25, -0.2) is 0 Å². The highest BCUT2D eigenvalue weighted by atomic mass is 79.9. The molecule has 24 heavy (non-hydrogen) atoms. The van der Waals surface area contributed by atoms with Crippen molar-refractivity contribution in [3.8, 4) is 5.75 Å². The monoisotopic (exact) mass is 454 g/mol. The van der Waals surface area contributed by atoms with Gasteiger partial charge in [-0.15, -0.1) is 0 Å². The zero-order valence-electron chi connectivity index (χ0n) is 12.5. The van der Waals surface area contributed by atoms with Crippen LogP contribution in [0.2, 0.25) is 0 Å². The Kier molecular flexibility index (Phi) is 6.10. The number of halogens is 2. The fourth-order valence-electron chi connectivity index (χ4n) is 1.94. The summed E-state index contributed by atoms with van der Waals surface area (Å²) in [6, 6.07) is 9.26. The quantitative estimate of drug-likeness (QED) is 0.399. The van der Waals surface area contributed by atoms with Gasteiger partial charge < -0.3 is 10.1 Å². The van der Waals surface area contributed by atoms with Crippen LogP contribution in [0.25, 0.3) is 6.08 Å². The zero-order valence-corrected chi connectivity index (χ0v) is 15.6. The number of benzene rings is 2. The number of carbonyl (C=O) groups excluding carboxylic acids is 1. The van der Waals surface area contributed by atoms with Crippen LogP contribution >= 0.6 is 31.9 Å². The minimum absolute atomic E-state index is 0.0349. The topological polar surface area (TPSA) is 81.5 Å². The summed E-state index contributed by atoms with van der Waals surface area (Å²) in [5, 5.41) is 13.2. The number of carbonyl (C=O) groups is 1. The van der Waals surface area contributed by atoms with Crippen molar-refractivity contribution in [1.82, 2.24) is 0 Å². The summed E-state index contributed by atoms with van der Waals surface area (Å²) >= 11 is 6.77. The molecule has 0 bridgehead atoms. The van der Waals surface area contributed by atoms with E-state index in [0.29, 0.717) is 11.4 Å². The van der Waals surface area contributed by atoms with E-state index < -0.39 is 4.92 Å². The van der Waals surface area contributed by atoms with E-state index in [1.807, 2.05) is 12.1 Å². The number of nitrogens with zero attached hydrogens (tertiary/aromatic N) is 1. The SMILES string of the molecule is COc1c(Br)cc(Br)cc1/C=C/C(=O)Nc1ccc([N+](=O)[O-])cc1. The van der Waals surface area contributed by atoms with Crippen molar-refractivity contribution >= 4 is 55.2 Å². The van der Waals surface area contributed by atoms with Crippen LogP contribution in [0.1, 0.15) is 5.56 Å². The molecule has 0 atom stereocenters. The van der Waals surface area contributed by atoms with Crippen LogP contribution in [0.15, 0.2) is 51.4 Å². The molecule has 6 nitrogen and oxygen atoms in total. The average Bonchev–Trinajstić information content (AvgIpc) is 2.53. The third-order valence-corrected chi connectivity index (χ3v) is 4.05. The largest absolute Gasteiger partial charge is 0.495 e. The Balaban J connectivity index is 2.12. The maximum Gasteiger partial charge on any atom is 0.269 e. The van der Waals surface area contributed by atoms with Crippen molar-refractivity contribution in [2.45, 2.75) is 0 Å². The number of nitro groups is 1. The van der Waals surface area contributed by atoms with Gasteiger partial charge in [0, 0.05) is 33.9 Å². The number of nitrogens with one attached hydrogen (secondary N) is 1. The number of ether oxygens (including phenoxy) is 1. The van der Waals surface area contributed by atoms with Crippen LogP contribution in [0.5, 0.6) is 5.75 Å². The van der Waals surface area contributed by atoms with Crippen molar-refractivity contribution < 1.29 is 14.5 Å². The fraction of sp³-hybridized carbons (Fsp3) is 0.0625. The molecule has 2 rings (SSSR count). The molecule has 0 radical (unpaired) electrons. The Hall–Kier alpha value is -2.19. The number of anilines is 1. The molecular formula is C16H12Br2N2O4. The third-order valence-electron chi connectivity index (χ3n) is 3.00. The van der Waals surface area contributed by atoms with Gasteiger partial charge in [-0.2, -0.15) is 0 Å². The van der Waals surface area contributed by atoms with Crippen LogP contribution < -0.4 is 10.1 Å². The minimum atomic E-state index is -0.497. The standard InChI is InChI=1S/C16H12Br2N2O4/c1-24-16-10(8-11(17)9-14(16)18)2-7-15(21)19-12-3-5-13(6-4-12)20(22)23/h2-9H,1H3,(H,19,21)/b7-2+. The fourth-order valence-corrected chi connectivity index (χ4v) is 3.36. The number of nitro benzene ring substituents is 1. The van der Waals surface area contributed by atoms with Gasteiger partial charge in [-0.3, -0.25) is 14.9 Å². The van der Waals surface area contributed by atoms with Gasteiger partial charge >= 0.3 is 0 Å². The first kappa shape index (κ1) is 18.2. The predicted molar refractivity (Wildman–Crippen MR) is 99.2 cm³/mol. The van der Waals surface area contributed by atoms with Gasteiger partial charge in [-0.05, 0) is 46.3 Å². The van der Waals surface area contributed by atoms with E-state index in [4.69, 9.17) is 4.74 Å². The summed E-state index contributed by atoms with van der Waals surface area (Å²) in [5.41, 5.74) is 1.16. The lowest BCUT2D eigenvalue weighted by Gasteiger charge is -2.08. The van der Waals surface area contributed by atoms with Crippen LogP contribution in [-0.4, -0.2) is 17.9 Å². The second-order valence-corrected chi connectivity index (χ2v) is 6.41. The van der Waals surface area contributed by atoms with E-state index in [9.17, 15) is 14.9 Å². The number of rotatable bonds is 5. The predicted octanol–water partition coefficient (Wildman–Crippen LogP) is 4.78. The Labute approximate surface area is 154 Å². The summed E-state index contributed by atoms with van der Waals surface area (Å²) in [6.07, 6.45) is 2.98. The van der Waals surface area contributed by atoms with Crippen molar-refractivity contribution in [1.29, 1.82) is 0 Å². The lowest BCUT2D eigenvalue weighted by molar-refractivity contribution is -0.384. The maximum atomic E-state index is 12.0. The van der Waals surface area contributed by atoms with Gasteiger partial charge in [0.25, 0.3) is 5.69 Å². The lowest BCUT2D eigenvalue weighted by Crippen LogP contribution is -2.07. The van der Waals surface area contributed by atoms with Crippen molar-refractivity contribution in [3.63, 3.8) is 0 Å². The second kappa shape index (κ2) is 8.07. The van der Waals surface area contributed by atoms with Crippen molar-refractivity contribution in [2.75, 3.05) is 12.4 Å².